The zero-order chi connectivity index (χ0) is 16.7. The molecule has 0 unspecified atom stereocenters. The van der Waals surface area contributed by atoms with Crippen LogP contribution in [-0.2, 0) is 0 Å². The summed E-state index contributed by atoms with van der Waals surface area (Å²) in [5.41, 5.74) is 1.69. The maximum atomic E-state index is 12.2. The van der Waals surface area contributed by atoms with Gasteiger partial charge in [0, 0.05) is 23.1 Å². The van der Waals surface area contributed by atoms with Gasteiger partial charge in [-0.25, -0.2) is 4.98 Å². The van der Waals surface area contributed by atoms with Crippen LogP contribution in [0.3, 0.4) is 0 Å². The highest BCUT2D eigenvalue weighted by atomic mass is 79.9. The fourth-order valence-electron chi connectivity index (χ4n) is 2.38. The van der Waals surface area contributed by atoms with Crippen LogP contribution in [0.25, 0.3) is 0 Å². The van der Waals surface area contributed by atoms with Gasteiger partial charge in [0.1, 0.15) is 5.82 Å². The molecule has 0 bridgehead atoms. The van der Waals surface area contributed by atoms with E-state index in [1.54, 1.807) is 12.1 Å². The number of anilines is 2. The Kier molecular flexibility index (Phi) is 6.59. The normalized spacial score (nSPS) is 10.4. The molecule has 1 aromatic heterocycles. The van der Waals surface area contributed by atoms with Crippen molar-refractivity contribution in [2.45, 2.75) is 26.7 Å². The van der Waals surface area contributed by atoms with E-state index in [2.05, 4.69) is 45.0 Å². The zero-order valence-corrected chi connectivity index (χ0v) is 15.1. The third-order valence-electron chi connectivity index (χ3n) is 3.43. The van der Waals surface area contributed by atoms with E-state index in [0.717, 1.165) is 36.1 Å². The molecule has 0 aliphatic carbocycles. The van der Waals surface area contributed by atoms with Gasteiger partial charge in [0.2, 0.25) is 0 Å². The molecule has 1 amide bonds. The van der Waals surface area contributed by atoms with Crippen LogP contribution in [0.5, 0.6) is 0 Å². The Morgan fingerprint density at radius 3 is 2.48 bits per heavy atom. The summed E-state index contributed by atoms with van der Waals surface area (Å²) in [6, 6.07) is 11.1. The number of amides is 1. The topological polar surface area (TPSA) is 45.2 Å². The molecule has 23 heavy (non-hydrogen) atoms. The van der Waals surface area contributed by atoms with Crippen LogP contribution in [0.15, 0.2) is 47.1 Å². The number of nitrogens with one attached hydrogen (secondary N) is 1. The minimum atomic E-state index is -0.162. The summed E-state index contributed by atoms with van der Waals surface area (Å²) in [6.07, 6.45) is 4.02. The smallest absolute Gasteiger partial charge is 0.256 e. The Bertz CT molecular complexity index is 637. The Labute approximate surface area is 146 Å². The second-order valence-corrected chi connectivity index (χ2v) is 6.27. The maximum absolute atomic E-state index is 12.2. The molecule has 4 nitrogen and oxygen atoms in total. The summed E-state index contributed by atoms with van der Waals surface area (Å²) in [5.74, 6) is 0.400. The number of hydrogen-bond donors (Lipinski definition) is 1. The Hall–Kier alpha value is -1.88. The number of halogens is 1. The predicted molar refractivity (Wildman–Crippen MR) is 99.1 cm³/mol. The van der Waals surface area contributed by atoms with E-state index in [4.69, 9.17) is 0 Å². The lowest BCUT2D eigenvalue weighted by Crippen LogP contribution is -2.25. The van der Waals surface area contributed by atoms with E-state index in [1.807, 2.05) is 30.5 Å². The first-order valence-corrected chi connectivity index (χ1v) is 8.71. The second-order valence-electron chi connectivity index (χ2n) is 5.35. The van der Waals surface area contributed by atoms with Crippen molar-refractivity contribution in [2.75, 3.05) is 23.3 Å². The van der Waals surface area contributed by atoms with Crippen LogP contribution in [0, 0.1) is 0 Å². The van der Waals surface area contributed by atoms with Crippen molar-refractivity contribution in [3.63, 3.8) is 0 Å². The van der Waals surface area contributed by atoms with E-state index in [9.17, 15) is 4.79 Å². The van der Waals surface area contributed by atoms with Gasteiger partial charge >= 0.3 is 0 Å². The Balaban J connectivity index is 2.06. The standard InChI is InChI=1S/C18H22BrN3O/c1-3-10-22(11-4-2)16-8-9-17(20-13-16)21-18(23)14-6-5-7-15(19)12-14/h5-9,12-13H,3-4,10-11H2,1-2H3,(H,20,21,23). The quantitative estimate of drug-likeness (QED) is 0.760. The number of carbonyl (C=O) groups is 1. The summed E-state index contributed by atoms with van der Waals surface area (Å²) >= 11 is 3.37. The predicted octanol–water partition coefficient (Wildman–Crippen LogP) is 4.72. The summed E-state index contributed by atoms with van der Waals surface area (Å²) in [7, 11) is 0. The Morgan fingerprint density at radius 2 is 1.91 bits per heavy atom. The molecule has 0 atom stereocenters. The number of benzene rings is 1. The SMILES string of the molecule is CCCN(CCC)c1ccc(NC(=O)c2cccc(Br)c2)nc1. The highest BCUT2D eigenvalue weighted by Crippen LogP contribution is 2.17. The van der Waals surface area contributed by atoms with Gasteiger partial charge in [-0.2, -0.15) is 0 Å². The first-order valence-electron chi connectivity index (χ1n) is 7.92. The summed E-state index contributed by atoms with van der Waals surface area (Å²) < 4.78 is 0.878. The van der Waals surface area contributed by atoms with Crippen LogP contribution >= 0.6 is 15.9 Å². The molecule has 5 heteroatoms. The third kappa shape index (κ3) is 5.06. The third-order valence-corrected chi connectivity index (χ3v) is 3.92. The van der Waals surface area contributed by atoms with Gasteiger partial charge < -0.3 is 10.2 Å². The highest BCUT2D eigenvalue weighted by molar-refractivity contribution is 9.10. The lowest BCUT2D eigenvalue weighted by molar-refractivity contribution is 0.102. The van der Waals surface area contributed by atoms with Gasteiger partial charge in [-0.05, 0) is 43.2 Å². The number of rotatable bonds is 7. The molecule has 0 spiro atoms. The van der Waals surface area contributed by atoms with Crippen LogP contribution in [0.4, 0.5) is 11.5 Å². The molecule has 0 aliphatic heterocycles. The minimum absolute atomic E-state index is 0.162. The minimum Gasteiger partial charge on any atom is -0.370 e. The average molecular weight is 376 g/mol. The number of aromatic nitrogens is 1. The van der Waals surface area contributed by atoms with E-state index in [-0.39, 0.29) is 5.91 Å². The Morgan fingerprint density at radius 1 is 1.17 bits per heavy atom. The largest absolute Gasteiger partial charge is 0.370 e. The molecule has 2 rings (SSSR count). The van der Waals surface area contributed by atoms with Gasteiger partial charge in [-0.1, -0.05) is 35.8 Å². The summed E-state index contributed by atoms with van der Waals surface area (Å²) in [4.78, 5) is 18.9. The lowest BCUT2D eigenvalue weighted by Gasteiger charge is -2.23. The molecule has 0 fully saturated rings. The number of carbonyl (C=O) groups excluding carboxylic acids is 1. The number of pyridine rings is 1. The average Bonchev–Trinajstić information content (AvgIpc) is 2.55. The van der Waals surface area contributed by atoms with Crippen molar-refractivity contribution < 1.29 is 4.79 Å². The molecule has 1 heterocycles. The number of nitrogens with zero attached hydrogens (tertiary/aromatic N) is 2. The molecule has 0 radical (unpaired) electrons. The molecule has 0 aliphatic rings. The van der Waals surface area contributed by atoms with Crippen LogP contribution in [-0.4, -0.2) is 24.0 Å². The maximum Gasteiger partial charge on any atom is 0.256 e. The van der Waals surface area contributed by atoms with E-state index < -0.39 is 0 Å². The van der Waals surface area contributed by atoms with Crippen molar-refractivity contribution in [3.05, 3.63) is 52.6 Å². The molecule has 0 saturated heterocycles. The van der Waals surface area contributed by atoms with Crippen molar-refractivity contribution in [2.24, 2.45) is 0 Å². The molecule has 2 aromatic rings. The van der Waals surface area contributed by atoms with E-state index in [0.29, 0.717) is 11.4 Å². The number of hydrogen-bond acceptors (Lipinski definition) is 3. The second kappa shape index (κ2) is 8.67. The van der Waals surface area contributed by atoms with Crippen LogP contribution in [0.2, 0.25) is 0 Å². The van der Waals surface area contributed by atoms with Gasteiger partial charge in [-0.15, -0.1) is 0 Å². The highest BCUT2D eigenvalue weighted by Gasteiger charge is 2.09. The van der Waals surface area contributed by atoms with E-state index in [1.165, 1.54) is 0 Å². The first-order chi connectivity index (χ1) is 11.1. The van der Waals surface area contributed by atoms with Crippen molar-refractivity contribution in [1.82, 2.24) is 4.98 Å². The molecule has 122 valence electrons. The van der Waals surface area contributed by atoms with Crippen molar-refractivity contribution in [1.29, 1.82) is 0 Å². The lowest BCUT2D eigenvalue weighted by atomic mass is 10.2. The summed E-state index contributed by atoms with van der Waals surface area (Å²) in [5, 5.41) is 2.83. The first kappa shape index (κ1) is 17.5. The molecular weight excluding hydrogens is 354 g/mol. The molecular formula is C18H22BrN3O. The monoisotopic (exact) mass is 375 g/mol. The van der Waals surface area contributed by atoms with Gasteiger partial charge in [0.15, 0.2) is 0 Å². The molecule has 1 N–H and O–H groups in total. The summed E-state index contributed by atoms with van der Waals surface area (Å²) in [6.45, 7) is 6.36. The van der Waals surface area contributed by atoms with Gasteiger partial charge in [0.05, 0.1) is 11.9 Å². The van der Waals surface area contributed by atoms with Gasteiger partial charge in [0.25, 0.3) is 5.91 Å². The van der Waals surface area contributed by atoms with Crippen molar-refractivity contribution in [3.8, 4) is 0 Å². The fourth-order valence-corrected chi connectivity index (χ4v) is 2.77. The van der Waals surface area contributed by atoms with Crippen LogP contribution in [0.1, 0.15) is 37.0 Å². The van der Waals surface area contributed by atoms with E-state index >= 15 is 0 Å². The molecule has 1 aromatic carbocycles. The van der Waals surface area contributed by atoms with Crippen molar-refractivity contribution >= 4 is 33.3 Å². The zero-order valence-electron chi connectivity index (χ0n) is 13.6. The molecule has 0 saturated carbocycles. The van der Waals surface area contributed by atoms with Crippen LogP contribution < -0.4 is 10.2 Å². The fraction of sp³-hybridized carbons (Fsp3) is 0.333. The van der Waals surface area contributed by atoms with Gasteiger partial charge in [-0.3, -0.25) is 4.79 Å².